The summed E-state index contributed by atoms with van der Waals surface area (Å²) in [6.45, 7) is 0. The third kappa shape index (κ3) is 3.65. The fourth-order valence-corrected chi connectivity index (χ4v) is 1.53. The van der Waals surface area contributed by atoms with E-state index in [0.717, 1.165) is 18.2 Å². The van der Waals surface area contributed by atoms with Crippen LogP contribution in [0.25, 0.3) is 0 Å². The van der Waals surface area contributed by atoms with Gasteiger partial charge in [-0.1, -0.05) is 0 Å². The highest BCUT2D eigenvalue weighted by atomic mass is 32.2. The Morgan fingerprint density at radius 1 is 1.20 bits per heavy atom. The average Bonchev–Trinajstić information content (AvgIpc) is 2.05. The number of hydrogen-bond acceptors (Lipinski definition) is 4. The Bertz CT molecular complexity index is 356. The highest BCUT2D eigenvalue weighted by Crippen LogP contribution is 2.36. The summed E-state index contributed by atoms with van der Waals surface area (Å²) < 4.78 is 35.9. The minimum Gasteiger partial charge on any atom is -0.508 e. The first-order chi connectivity index (χ1) is 6.79. The number of phenols is 1. The third-order valence-electron chi connectivity index (χ3n) is 1.51. The van der Waals surface area contributed by atoms with Crippen LogP contribution < -0.4 is 5.46 Å². The first-order valence-corrected chi connectivity index (χ1v) is 4.56. The van der Waals surface area contributed by atoms with Gasteiger partial charge in [0.2, 0.25) is 0 Å². The van der Waals surface area contributed by atoms with Crippen LogP contribution in [0.4, 0.5) is 13.2 Å². The monoisotopic (exact) mass is 238 g/mol. The number of thioether (sulfide) groups is 1. The molecule has 0 bridgehead atoms. The summed E-state index contributed by atoms with van der Waals surface area (Å²) in [6.07, 6.45) is 0. The van der Waals surface area contributed by atoms with Crippen LogP contribution in [0.3, 0.4) is 0 Å². The van der Waals surface area contributed by atoms with Crippen molar-refractivity contribution in [1.29, 1.82) is 0 Å². The molecule has 0 unspecified atom stereocenters. The summed E-state index contributed by atoms with van der Waals surface area (Å²) in [7, 11) is -2.00. The predicted molar refractivity (Wildman–Crippen MR) is 49.8 cm³/mol. The van der Waals surface area contributed by atoms with Gasteiger partial charge >= 0.3 is 12.6 Å². The molecule has 1 aromatic carbocycles. The normalized spacial score (nSPS) is 11.5. The number of phenolic OH excluding ortho intramolecular Hbond substituents is 1. The van der Waals surface area contributed by atoms with E-state index in [9.17, 15) is 13.2 Å². The minimum atomic E-state index is -4.45. The number of rotatable bonds is 2. The quantitative estimate of drug-likeness (QED) is 0.523. The van der Waals surface area contributed by atoms with Gasteiger partial charge in [-0.25, -0.2) is 0 Å². The van der Waals surface area contributed by atoms with Crippen molar-refractivity contribution in [2.45, 2.75) is 10.4 Å². The molecule has 82 valence electrons. The molecule has 0 spiro atoms. The van der Waals surface area contributed by atoms with Crippen molar-refractivity contribution >= 4 is 24.3 Å². The molecule has 3 N–H and O–H groups in total. The van der Waals surface area contributed by atoms with Gasteiger partial charge in [-0.2, -0.15) is 13.2 Å². The lowest BCUT2D eigenvalue weighted by Crippen LogP contribution is -2.30. The molecule has 0 saturated heterocycles. The van der Waals surface area contributed by atoms with Crippen LogP contribution in [0.5, 0.6) is 5.75 Å². The summed E-state index contributed by atoms with van der Waals surface area (Å²) in [5.74, 6) is -0.462. The molecule has 0 aromatic heterocycles. The van der Waals surface area contributed by atoms with Crippen molar-refractivity contribution in [2.24, 2.45) is 0 Å². The smallest absolute Gasteiger partial charge is 0.492 e. The highest BCUT2D eigenvalue weighted by molar-refractivity contribution is 8.00. The molecule has 0 aliphatic heterocycles. The SMILES string of the molecule is OB(O)c1cc(SC(F)(F)F)ccc1O. The largest absolute Gasteiger partial charge is 0.508 e. The van der Waals surface area contributed by atoms with Gasteiger partial charge in [0, 0.05) is 10.4 Å². The van der Waals surface area contributed by atoms with Gasteiger partial charge in [0.1, 0.15) is 5.75 Å². The van der Waals surface area contributed by atoms with Crippen molar-refractivity contribution in [3.05, 3.63) is 18.2 Å². The zero-order chi connectivity index (χ0) is 11.6. The molecule has 8 heteroatoms. The molecule has 1 aromatic rings. The number of alkyl halides is 3. The summed E-state index contributed by atoms with van der Waals surface area (Å²) >= 11 is -0.392. The molecule has 0 amide bonds. The van der Waals surface area contributed by atoms with E-state index in [2.05, 4.69) is 0 Å². The molecule has 0 fully saturated rings. The molecule has 0 saturated carbocycles. The molecule has 0 heterocycles. The Hall–Kier alpha value is -0.855. The molecule has 0 aliphatic carbocycles. The van der Waals surface area contributed by atoms with E-state index < -0.39 is 30.1 Å². The van der Waals surface area contributed by atoms with E-state index in [-0.39, 0.29) is 10.4 Å². The third-order valence-corrected chi connectivity index (χ3v) is 2.23. The van der Waals surface area contributed by atoms with Crippen molar-refractivity contribution < 1.29 is 28.3 Å². The van der Waals surface area contributed by atoms with Gasteiger partial charge in [0.15, 0.2) is 0 Å². The van der Waals surface area contributed by atoms with Crippen LogP contribution in [0.1, 0.15) is 0 Å². The second-order valence-electron chi connectivity index (χ2n) is 2.64. The van der Waals surface area contributed by atoms with Crippen molar-refractivity contribution in [3.8, 4) is 5.75 Å². The molecule has 1 rings (SSSR count). The summed E-state index contributed by atoms with van der Waals surface area (Å²) in [5.41, 5.74) is -4.81. The predicted octanol–water partition coefficient (Wildman–Crippen LogP) is 0.684. The van der Waals surface area contributed by atoms with E-state index >= 15 is 0 Å². The van der Waals surface area contributed by atoms with Crippen molar-refractivity contribution in [3.63, 3.8) is 0 Å². The highest BCUT2D eigenvalue weighted by Gasteiger charge is 2.30. The lowest BCUT2D eigenvalue weighted by Gasteiger charge is -2.08. The van der Waals surface area contributed by atoms with E-state index in [1.165, 1.54) is 0 Å². The molecule has 3 nitrogen and oxygen atoms in total. The number of aromatic hydroxyl groups is 1. The van der Waals surface area contributed by atoms with Crippen LogP contribution in [-0.4, -0.2) is 27.8 Å². The van der Waals surface area contributed by atoms with Gasteiger partial charge < -0.3 is 15.2 Å². The Kier molecular flexibility index (Phi) is 3.53. The number of benzene rings is 1. The Balaban J connectivity index is 2.98. The summed E-state index contributed by atoms with van der Waals surface area (Å²) in [6, 6.07) is 2.89. The lowest BCUT2D eigenvalue weighted by atomic mass is 9.80. The zero-order valence-corrected chi connectivity index (χ0v) is 8.01. The van der Waals surface area contributed by atoms with E-state index in [0.29, 0.717) is 0 Å². The molecular formula is C7H6BF3O3S. The van der Waals surface area contributed by atoms with Crippen LogP contribution in [0.15, 0.2) is 23.1 Å². The van der Waals surface area contributed by atoms with Crippen molar-refractivity contribution in [2.75, 3.05) is 0 Å². The van der Waals surface area contributed by atoms with Gasteiger partial charge in [-0.3, -0.25) is 0 Å². The maximum atomic E-state index is 12.0. The maximum absolute atomic E-state index is 12.0. The molecule has 0 atom stereocenters. The van der Waals surface area contributed by atoms with Crippen LogP contribution in [-0.2, 0) is 0 Å². The Labute approximate surface area is 87.7 Å². The Morgan fingerprint density at radius 3 is 2.27 bits per heavy atom. The average molecular weight is 238 g/mol. The van der Waals surface area contributed by atoms with E-state index in [4.69, 9.17) is 15.2 Å². The fraction of sp³-hybridized carbons (Fsp3) is 0.143. The second-order valence-corrected chi connectivity index (χ2v) is 3.78. The first-order valence-electron chi connectivity index (χ1n) is 3.74. The number of hydrogen-bond donors (Lipinski definition) is 3. The van der Waals surface area contributed by atoms with Gasteiger partial charge in [-0.15, -0.1) is 0 Å². The topological polar surface area (TPSA) is 60.7 Å². The zero-order valence-electron chi connectivity index (χ0n) is 7.19. The number of halogens is 3. The van der Waals surface area contributed by atoms with Gasteiger partial charge in [-0.05, 0) is 30.0 Å². The van der Waals surface area contributed by atoms with Crippen LogP contribution in [0.2, 0.25) is 0 Å². The van der Waals surface area contributed by atoms with Gasteiger partial charge in [0.25, 0.3) is 0 Å². The van der Waals surface area contributed by atoms with E-state index in [1.807, 2.05) is 0 Å². The lowest BCUT2D eigenvalue weighted by molar-refractivity contribution is -0.0328. The molecule has 15 heavy (non-hydrogen) atoms. The standard InChI is InChI=1S/C7H6BF3O3S/c9-7(10,11)15-4-1-2-6(12)5(3-4)8(13)14/h1-3,12-14H. The Morgan fingerprint density at radius 2 is 1.80 bits per heavy atom. The van der Waals surface area contributed by atoms with Crippen LogP contribution >= 0.6 is 11.8 Å². The molecule has 0 aliphatic rings. The van der Waals surface area contributed by atoms with Gasteiger partial charge in [0.05, 0.1) is 0 Å². The fourth-order valence-electron chi connectivity index (χ4n) is 0.937. The van der Waals surface area contributed by atoms with Crippen molar-refractivity contribution in [1.82, 2.24) is 0 Å². The second kappa shape index (κ2) is 4.34. The first kappa shape index (κ1) is 12.2. The molecule has 0 radical (unpaired) electrons. The summed E-state index contributed by atoms with van der Waals surface area (Å²) in [4.78, 5) is -0.219. The van der Waals surface area contributed by atoms with Crippen LogP contribution in [0, 0.1) is 0 Å². The minimum absolute atomic E-state index is 0.219. The summed E-state index contributed by atoms with van der Waals surface area (Å²) in [5, 5.41) is 26.6. The molecular weight excluding hydrogens is 232 g/mol. The maximum Gasteiger partial charge on any atom is 0.492 e. The van der Waals surface area contributed by atoms with E-state index in [1.54, 1.807) is 0 Å².